The summed E-state index contributed by atoms with van der Waals surface area (Å²) in [5.41, 5.74) is 0.754. The molecule has 0 radical (unpaired) electrons. The maximum absolute atomic E-state index is 12.5. The van der Waals surface area contributed by atoms with Crippen molar-refractivity contribution in [3.63, 3.8) is 0 Å². The van der Waals surface area contributed by atoms with Gasteiger partial charge in [-0.15, -0.1) is 11.3 Å². The van der Waals surface area contributed by atoms with Crippen LogP contribution in [0.3, 0.4) is 0 Å². The zero-order valence-electron chi connectivity index (χ0n) is 17.2. The van der Waals surface area contributed by atoms with E-state index in [2.05, 4.69) is 22.1 Å². The molecule has 5 nitrogen and oxygen atoms in total. The van der Waals surface area contributed by atoms with E-state index in [1.165, 1.54) is 37.1 Å². The van der Waals surface area contributed by atoms with Crippen LogP contribution in [0.2, 0.25) is 5.02 Å². The number of likely N-dealkylation sites (tertiary alicyclic amines) is 1. The summed E-state index contributed by atoms with van der Waals surface area (Å²) in [5.74, 6) is 0.695. The van der Waals surface area contributed by atoms with E-state index in [0.717, 1.165) is 35.8 Å². The van der Waals surface area contributed by atoms with Crippen LogP contribution in [0.1, 0.15) is 59.4 Å². The number of benzene rings is 1. The lowest BCUT2D eigenvalue weighted by atomic mass is 10.0. The van der Waals surface area contributed by atoms with Crippen molar-refractivity contribution in [2.24, 2.45) is 0 Å². The standard InChI is InChI=1S/C22H30ClN3O2S/c1-16-7-3-5-13-26(16)14-6-4-12-24-22(27)21-17(2)25-20(29-21)15-28-19-10-8-18(23)9-11-19/h8-11,16H,3-7,12-15H2,1-2H3,(H,24,27). The Balaban J connectivity index is 1.39. The van der Waals surface area contributed by atoms with Gasteiger partial charge in [-0.3, -0.25) is 4.79 Å². The SMILES string of the molecule is Cc1nc(COc2ccc(Cl)cc2)sc1C(=O)NCCCCN1CCCCC1C. The van der Waals surface area contributed by atoms with E-state index in [-0.39, 0.29) is 5.91 Å². The van der Waals surface area contributed by atoms with Crippen molar-refractivity contribution >= 4 is 28.8 Å². The number of rotatable bonds is 9. The second-order valence-corrected chi connectivity index (χ2v) is 9.13. The van der Waals surface area contributed by atoms with Crippen molar-refractivity contribution in [2.75, 3.05) is 19.6 Å². The molecule has 29 heavy (non-hydrogen) atoms. The smallest absolute Gasteiger partial charge is 0.263 e. The van der Waals surface area contributed by atoms with E-state index in [9.17, 15) is 4.79 Å². The summed E-state index contributed by atoms with van der Waals surface area (Å²) >= 11 is 7.28. The lowest BCUT2D eigenvalue weighted by Gasteiger charge is -2.33. The van der Waals surface area contributed by atoms with Crippen LogP contribution in [-0.4, -0.2) is 41.5 Å². The highest BCUT2D eigenvalue weighted by Crippen LogP contribution is 2.21. The molecule has 158 valence electrons. The van der Waals surface area contributed by atoms with Gasteiger partial charge in [-0.05, 0) is 76.9 Å². The summed E-state index contributed by atoms with van der Waals surface area (Å²) in [7, 11) is 0. The van der Waals surface area contributed by atoms with Crippen molar-refractivity contribution in [3.8, 4) is 5.75 Å². The number of unbranched alkanes of at least 4 members (excludes halogenated alkanes) is 1. The van der Waals surface area contributed by atoms with Crippen LogP contribution in [0.15, 0.2) is 24.3 Å². The number of hydrogen-bond acceptors (Lipinski definition) is 5. The molecule has 1 saturated heterocycles. The van der Waals surface area contributed by atoms with Crippen molar-refractivity contribution < 1.29 is 9.53 Å². The first-order chi connectivity index (χ1) is 14.0. The second kappa shape index (κ2) is 11.0. The average molecular weight is 436 g/mol. The third-order valence-corrected chi connectivity index (χ3v) is 6.70. The minimum atomic E-state index is -0.0379. The van der Waals surface area contributed by atoms with Gasteiger partial charge in [-0.1, -0.05) is 18.0 Å². The van der Waals surface area contributed by atoms with Crippen molar-refractivity contribution in [1.29, 1.82) is 0 Å². The van der Waals surface area contributed by atoms with Gasteiger partial charge in [-0.2, -0.15) is 0 Å². The van der Waals surface area contributed by atoms with Gasteiger partial charge in [0.05, 0.1) is 5.69 Å². The van der Waals surface area contributed by atoms with E-state index >= 15 is 0 Å². The zero-order valence-corrected chi connectivity index (χ0v) is 18.8. The highest BCUT2D eigenvalue weighted by Gasteiger charge is 2.18. The molecule has 2 heterocycles. The van der Waals surface area contributed by atoms with Crippen LogP contribution in [0.25, 0.3) is 0 Å². The summed E-state index contributed by atoms with van der Waals surface area (Å²) in [6, 6.07) is 7.91. The minimum Gasteiger partial charge on any atom is -0.486 e. The van der Waals surface area contributed by atoms with Crippen LogP contribution < -0.4 is 10.1 Å². The number of nitrogens with one attached hydrogen (secondary N) is 1. The third kappa shape index (κ3) is 6.69. The zero-order chi connectivity index (χ0) is 20.6. The summed E-state index contributed by atoms with van der Waals surface area (Å²) in [4.78, 5) is 20.2. The van der Waals surface area contributed by atoms with Gasteiger partial charge in [0.2, 0.25) is 0 Å². The first-order valence-electron chi connectivity index (χ1n) is 10.4. The summed E-state index contributed by atoms with van der Waals surface area (Å²) in [5, 5.41) is 4.51. The Morgan fingerprint density at radius 3 is 2.86 bits per heavy atom. The number of nitrogens with zero attached hydrogens (tertiary/aromatic N) is 2. The van der Waals surface area contributed by atoms with E-state index in [1.54, 1.807) is 12.1 Å². The molecule has 1 atom stereocenters. The van der Waals surface area contributed by atoms with Gasteiger partial charge < -0.3 is 15.0 Å². The number of halogens is 1. The first-order valence-corrected chi connectivity index (χ1v) is 11.6. The third-order valence-electron chi connectivity index (χ3n) is 5.32. The fourth-order valence-corrected chi connectivity index (χ4v) is 4.63. The Morgan fingerprint density at radius 2 is 2.10 bits per heavy atom. The van der Waals surface area contributed by atoms with E-state index in [1.807, 2.05) is 19.1 Å². The summed E-state index contributed by atoms with van der Waals surface area (Å²) in [6.45, 7) is 7.58. The number of carbonyl (C=O) groups excluding carboxylic acids is 1. The number of carbonyl (C=O) groups is 1. The van der Waals surface area contributed by atoms with Gasteiger partial charge in [0.1, 0.15) is 22.2 Å². The molecular formula is C22H30ClN3O2S. The summed E-state index contributed by atoms with van der Waals surface area (Å²) < 4.78 is 5.73. The second-order valence-electron chi connectivity index (χ2n) is 7.61. The number of hydrogen-bond donors (Lipinski definition) is 1. The molecule has 1 amide bonds. The number of amides is 1. The molecule has 1 aromatic carbocycles. The minimum absolute atomic E-state index is 0.0379. The van der Waals surface area contributed by atoms with Gasteiger partial charge >= 0.3 is 0 Å². The van der Waals surface area contributed by atoms with Gasteiger partial charge in [0, 0.05) is 17.6 Å². The Hall–Kier alpha value is -1.63. The highest BCUT2D eigenvalue weighted by atomic mass is 35.5. The van der Waals surface area contributed by atoms with Crippen LogP contribution in [0.4, 0.5) is 0 Å². The Bertz CT molecular complexity index is 794. The monoisotopic (exact) mass is 435 g/mol. The van der Waals surface area contributed by atoms with Gasteiger partial charge in [0.25, 0.3) is 5.91 Å². The molecule has 0 spiro atoms. The van der Waals surface area contributed by atoms with Crippen LogP contribution in [-0.2, 0) is 6.61 Å². The van der Waals surface area contributed by atoms with Crippen LogP contribution in [0.5, 0.6) is 5.75 Å². The van der Waals surface area contributed by atoms with E-state index in [0.29, 0.717) is 29.1 Å². The Labute approximate surface area is 182 Å². The number of aromatic nitrogens is 1. The maximum Gasteiger partial charge on any atom is 0.263 e. The topological polar surface area (TPSA) is 54.5 Å². The van der Waals surface area contributed by atoms with Crippen molar-refractivity contribution in [3.05, 3.63) is 44.9 Å². The van der Waals surface area contributed by atoms with Gasteiger partial charge in [0.15, 0.2) is 0 Å². The quantitative estimate of drug-likeness (QED) is 0.559. The molecule has 0 saturated carbocycles. The molecule has 1 aliphatic heterocycles. The fourth-order valence-electron chi connectivity index (χ4n) is 3.61. The van der Waals surface area contributed by atoms with E-state index < -0.39 is 0 Å². The molecule has 1 aromatic heterocycles. The van der Waals surface area contributed by atoms with Gasteiger partial charge in [-0.25, -0.2) is 4.98 Å². The molecule has 0 bridgehead atoms. The number of piperidine rings is 1. The summed E-state index contributed by atoms with van der Waals surface area (Å²) in [6.07, 6.45) is 6.10. The molecule has 1 fully saturated rings. The predicted octanol–water partition coefficient (Wildman–Crippen LogP) is 5.07. The molecule has 0 aliphatic carbocycles. The molecular weight excluding hydrogens is 406 g/mol. The largest absolute Gasteiger partial charge is 0.486 e. The molecule has 1 unspecified atom stereocenters. The Kier molecular flexibility index (Phi) is 8.33. The molecule has 1 aliphatic rings. The van der Waals surface area contributed by atoms with Crippen molar-refractivity contribution in [2.45, 2.75) is 58.6 Å². The number of ether oxygens (including phenoxy) is 1. The molecule has 7 heteroatoms. The Morgan fingerprint density at radius 1 is 1.31 bits per heavy atom. The van der Waals surface area contributed by atoms with Crippen molar-refractivity contribution in [1.82, 2.24) is 15.2 Å². The van der Waals surface area contributed by atoms with Crippen LogP contribution in [0, 0.1) is 6.92 Å². The van der Waals surface area contributed by atoms with E-state index in [4.69, 9.17) is 16.3 Å². The lowest BCUT2D eigenvalue weighted by molar-refractivity contribution is 0.0955. The maximum atomic E-state index is 12.5. The molecule has 1 N–H and O–H groups in total. The highest BCUT2D eigenvalue weighted by molar-refractivity contribution is 7.13. The van der Waals surface area contributed by atoms with Crippen LogP contribution >= 0.6 is 22.9 Å². The lowest BCUT2D eigenvalue weighted by Crippen LogP contribution is -2.38. The predicted molar refractivity (Wildman–Crippen MR) is 119 cm³/mol. The fraction of sp³-hybridized carbons (Fsp3) is 0.545. The molecule has 2 aromatic rings. The number of aryl methyl sites for hydroxylation is 1. The number of thiazole rings is 1. The normalized spacial score (nSPS) is 17.3. The first kappa shape index (κ1) is 22.1. The average Bonchev–Trinajstić information content (AvgIpc) is 3.09. The molecule has 3 rings (SSSR count).